The van der Waals surface area contributed by atoms with Crippen molar-refractivity contribution in [2.45, 2.75) is 12.7 Å². The van der Waals surface area contributed by atoms with E-state index in [1.807, 2.05) is 0 Å². The molecule has 0 saturated carbocycles. The van der Waals surface area contributed by atoms with E-state index in [1.54, 1.807) is 37.3 Å². The Balaban J connectivity index is 2.78. The summed E-state index contributed by atoms with van der Waals surface area (Å²) in [6.07, 6.45) is 0. The summed E-state index contributed by atoms with van der Waals surface area (Å²) in [5.41, 5.74) is 0.575. The van der Waals surface area contributed by atoms with Crippen molar-refractivity contribution in [3.8, 4) is 0 Å². The molecular weight excluding hydrogens is 216 g/mol. The Morgan fingerprint density at radius 1 is 1.27 bits per heavy atom. The first-order chi connectivity index (χ1) is 7.06. The van der Waals surface area contributed by atoms with E-state index in [2.05, 4.69) is 4.74 Å². The number of rotatable bonds is 3. The molecule has 15 heavy (non-hydrogen) atoms. The Morgan fingerprint density at radius 3 is 2.40 bits per heavy atom. The van der Waals surface area contributed by atoms with Gasteiger partial charge in [0.1, 0.15) is 0 Å². The number of sulfone groups is 1. The second kappa shape index (κ2) is 4.93. The van der Waals surface area contributed by atoms with Crippen molar-refractivity contribution in [3.05, 3.63) is 35.9 Å². The third-order valence-corrected chi connectivity index (χ3v) is 3.05. The van der Waals surface area contributed by atoms with Gasteiger partial charge in [-0.1, -0.05) is 30.3 Å². The van der Waals surface area contributed by atoms with Crippen LogP contribution in [0.25, 0.3) is 0 Å². The minimum absolute atomic E-state index is 0.0624. The zero-order chi connectivity index (χ0) is 11.3. The summed E-state index contributed by atoms with van der Waals surface area (Å²) in [5, 5.41) is -1.16. The number of hydrogen-bond donors (Lipinski definition) is 0. The molecule has 0 bridgehead atoms. The molecule has 0 aliphatic heterocycles. The number of carbonyl (C=O) groups excluding carboxylic acids is 1. The predicted molar refractivity (Wildman–Crippen MR) is 56.1 cm³/mol. The zero-order valence-electron chi connectivity index (χ0n) is 8.34. The van der Waals surface area contributed by atoms with Gasteiger partial charge in [-0.2, -0.15) is 0 Å². The highest BCUT2D eigenvalue weighted by Crippen LogP contribution is 2.08. The molecule has 0 aromatic heterocycles. The highest BCUT2D eigenvalue weighted by molar-refractivity contribution is 8.05. The molecule has 0 fully saturated rings. The van der Waals surface area contributed by atoms with Crippen molar-refractivity contribution in [1.82, 2.24) is 0 Å². The fourth-order valence-electron chi connectivity index (χ4n) is 1.06. The lowest BCUT2D eigenvalue weighted by Crippen LogP contribution is -2.18. The van der Waals surface area contributed by atoms with Crippen molar-refractivity contribution in [2.75, 3.05) is 6.61 Å². The number of carbonyl (C=O) groups is 1. The van der Waals surface area contributed by atoms with Crippen molar-refractivity contribution in [1.29, 1.82) is 0 Å². The van der Waals surface area contributed by atoms with Gasteiger partial charge in [0, 0.05) is 0 Å². The Kier molecular flexibility index (Phi) is 3.85. The quantitative estimate of drug-likeness (QED) is 0.739. The molecule has 0 aliphatic rings. The van der Waals surface area contributed by atoms with Crippen LogP contribution in [0.3, 0.4) is 0 Å². The van der Waals surface area contributed by atoms with Gasteiger partial charge in [0.05, 0.1) is 12.4 Å². The van der Waals surface area contributed by atoms with Crippen LogP contribution in [-0.4, -0.2) is 20.3 Å². The molecule has 0 unspecified atom stereocenters. The Hall–Kier alpha value is -1.36. The fourth-order valence-corrected chi connectivity index (χ4v) is 2.11. The molecule has 5 heteroatoms. The first-order valence-corrected chi connectivity index (χ1v) is 6.15. The monoisotopic (exact) mass is 228 g/mol. The second-order valence-corrected chi connectivity index (χ2v) is 4.78. The average molecular weight is 228 g/mol. The van der Waals surface area contributed by atoms with Crippen LogP contribution >= 0.6 is 0 Å². The van der Waals surface area contributed by atoms with Crippen LogP contribution in [0, 0.1) is 0 Å². The van der Waals surface area contributed by atoms with Crippen molar-refractivity contribution < 1.29 is 17.9 Å². The highest BCUT2D eigenvalue weighted by atomic mass is 32.2. The zero-order valence-corrected chi connectivity index (χ0v) is 9.16. The van der Waals surface area contributed by atoms with Crippen molar-refractivity contribution in [3.63, 3.8) is 0 Å². The lowest BCUT2D eigenvalue weighted by atomic mass is 10.2. The molecule has 0 heterocycles. The summed E-state index contributed by atoms with van der Waals surface area (Å²) in [7, 11) is -3.84. The van der Waals surface area contributed by atoms with Gasteiger partial charge >= 0.3 is 5.30 Å². The van der Waals surface area contributed by atoms with E-state index in [0.717, 1.165) is 0 Å². The van der Waals surface area contributed by atoms with E-state index < -0.39 is 15.1 Å². The summed E-state index contributed by atoms with van der Waals surface area (Å²) in [4.78, 5) is 11.1. The normalized spacial score (nSPS) is 11.0. The Labute approximate surface area is 88.8 Å². The topological polar surface area (TPSA) is 60.4 Å². The minimum Gasteiger partial charge on any atom is -0.454 e. The third kappa shape index (κ3) is 3.36. The average Bonchev–Trinajstić information content (AvgIpc) is 2.19. The van der Waals surface area contributed by atoms with Gasteiger partial charge in [-0.05, 0) is 12.5 Å². The van der Waals surface area contributed by atoms with Crippen LogP contribution < -0.4 is 0 Å². The maximum Gasteiger partial charge on any atom is 0.425 e. The van der Waals surface area contributed by atoms with E-state index >= 15 is 0 Å². The summed E-state index contributed by atoms with van der Waals surface area (Å²) >= 11 is 0. The molecular formula is C10H12O4S. The van der Waals surface area contributed by atoms with Crippen LogP contribution in [-0.2, 0) is 20.3 Å². The van der Waals surface area contributed by atoms with Gasteiger partial charge < -0.3 is 4.74 Å². The standard InChI is InChI=1S/C10H12O4S/c1-2-14-10(11)15(12,13)8-9-6-4-3-5-7-9/h3-7H,2,8H2,1H3. The first kappa shape index (κ1) is 11.7. The first-order valence-electron chi connectivity index (χ1n) is 4.49. The van der Waals surface area contributed by atoms with Crippen molar-refractivity contribution in [2.24, 2.45) is 0 Å². The van der Waals surface area contributed by atoms with Crippen LogP contribution in [0.1, 0.15) is 12.5 Å². The van der Waals surface area contributed by atoms with Gasteiger partial charge in [0.25, 0.3) is 9.84 Å². The molecule has 0 spiro atoms. The second-order valence-electron chi connectivity index (χ2n) is 2.93. The smallest absolute Gasteiger partial charge is 0.425 e. The van der Waals surface area contributed by atoms with Gasteiger partial charge in [-0.3, -0.25) is 0 Å². The molecule has 0 saturated heterocycles. The van der Waals surface area contributed by atoms with E-state index in [0.29, 0.717) is 5.56 Å². The van der Waals surface area contributed by atoms with Crippen LogP contribution in [0.5, 0.6) is 0 Å². The SMILES string of the molecule is CCOC(=O)S(=O)(=O)Cc1ccccc1. The maximum atomic E-state index is 11.4. The molecule has 0 N–H and O–H groups in total. The fraction of sp³-hybridized carbons (Fsp3) is 0.300. The van der Waals surface area contributed by atoms with Gasteiger partial charge in [-0.15, -0.1) is 0 Å². The molecule has 1 aromatic carbocycles. The number of ether oxygens (including phenoxy) is 1. The number of hydrogen-bond acceptors (Lipinski definition) is 4. The van der Waals surface area contributed by atoms with Crippen LogP contribution in [0.2, 0.25) is 0 Å². The largest absolute Gasteiger partial charge is 0.454 e. The Morgan fingerprint density at radius 2 is 1.87 bits per heavy atom. The maximum absolute atomic E-state index is 11.4. The van der Waals surface area contributed by atoms with Crippen LogP contribution in [0.15, 0.2) is 30.3 Å². The van der Waals surface area contributed by atoms with Crippen LogP contribution in [0.4, 0.5) is 4.79 Å². The van der Waals surface area contributed by atoms with Crippen molar-refractivity contribution >= 4 is 15.1 Å². The van der Waals surface area contributed by atoms with Gasteiger partial charge in [0.15, 0.2) is 0 Å². The summed E-state index contributed by atoms with van der Waals surface area (Å²) in [6.45, 7) is 1.63. The Bertz CT molecular complexity index is 422. The predicted octanol–water partition coefficient (Wildman–Crippen LogP) is 1.76. The molecule has 0 amide bonds. The highest BCUT2D eigenvalue weighted by Gasteiger charge is 2.23. The summed E-state index contributed by atoms with van der Waals surface area (Å²) in [5.74, 6) is -0.313. The van der Waals surface area contributed by atoms with Gasteiger partial charge in [-0.25, -0.2) is 13.2 Å². The molecule has 1 rings (SSSR count). The summed E-state index contributed by atoms with van der Waals surface area (Å²) in [6, 6.07) is 8.51. The molecule has 1 aromatic rings. The van der Waals surface area contributed by atoms with E-state index in [-0.39, 0.29) is 12.4 Å². The lowest BCUT2D eigenvalue weighted by molar-refractivity contribution is 0.178. The minimum atomic E-state index is -3.84. The summed E-state index contributed by atoms with van der Waals surface area (Å²) < 4.78 is 27.3. The lowest BCUT2D eigenvalue weighted by Gasteiger charge is -2.03. The molecule has 82 valence electrons. The molecule has 0 aliphatic carbocycles. The van der Waals surface area contributed by atoms with E-state index in [9.17, 15) is 13.2 Å². The molecule has 0 radical (unpaired) electrons. The molecule has 4 nitrogen and oxygen atoms in total. The van der Waals surface area contributed by atoms with E-state index in [1.165, 1.54) is 0 Å². The molecule has 0 atom stereocenters. The van der Waals surface area contributed by atoms with Gasteiger partial charge in [0.2, 0.25) is 0 Å². The van der Waals surface area contributed by atoms with E-state index in [4.69, 9.17) is 0 Å². The third-order valence-electron chi connectivity index (χ3n) is 1.72. The number of benzene rings is 1.